The van der Waals surface area contributed by atoms with E-state index in [1.54, 1.807) is 12.1 Å². The second-order valence-corrected chi connectivity index (χ2v) is 11.3. The molecule has 0 bridgehead atoms. The van der Waals surface area contributed by atoms with Crippen molar-refractivity contribution in [3.63, 3.8) is 0 Å². The molecule has 0 atom stereocenters. The van der Waals surface area contributed by atoms with Gasteiger partial charge in [0.15, 0.2) is 0 Å². The zero-order valence-corrected chi connectivity index (χ0v) is 19.8. The Labute approximate surface area is 185 Å². The summed E-state index contributed by atoms with van der Waals surface area (Å²) in [5.41, 5.74) is 1.07. The van der Waals surface area contributed by atoms with Crippen molar-refractivity contribution in [2.75, 3.05) is 0 Å². The highest BCUT2D eigenvalue weighted by Gasteiger charge is 2.34. The van der Waals surface area contributed by atoms with E-state index in [9.17, 15) is 8.42 Å². The van der Waals surface area contributed by atoms with Gasteiger partial charge in [0.25, 0.3) is 10.1 Å². The van der Waals surface area contributed by atoms with Crippen LogP contribution in [0.1, 0.15) is 108 Å². The molecular formula is C26H42O3S. The first-order chi connectivity index (χ1) is 14.6. The van der Waals surface area contributed by atoms with Crippen molar-refractivity contribution in [1.82, 2.24) is 0 Å². The van der Waals surface area contributed by atoms with Crippen LogP contribution in [0.2, 0.25) is 0 Å². The van der Waals surface area contributed by atoms with E-state index in [1.165, 1.54) is 77.0 Å². The molecule has 30 heavy (non-hydrogen) atoms. The molecule has 4 heteroatoms. The number of hydrogen-bond donors (Lipinski definition) is 0. The molecule has 0 aliphatic heterocycles. The third kappa shape index (κ3) is 7.37. The van der Waals surface area contributed by atoms with Gasteiger partial charge >= 0.3 is 0 Å². The summed E-state index contributed by atoms with van der Waals surface area (Å²) in [5, 5.41) is 0. The molecule has 0 spiro atoms. The normalized spacial score (nSPS) is 21.8. The Morgan fingerprint density at radius 1 is 0.667 bits per heavy atom. The molecule has 1 aromatic carbocycles. The molecule has 0 aromatic heterocycles. The fourth-order valence-electron chi connectivity index (χ4n) is 5.43. The average molecular weight is 435 g/mol. The number of hydrogen-bond acceptors (Lipinski definition) is 3. The van der Waals surface area contributed by atoms with E-state index >= 15 is 0 Å². The van der Waals surface area contributed by atoms with Gasteiger partial charge < -0.3 is 0 Å². The Balaban J connectivity index is 1.83. The zero-order valence-electron chi connectivity index (χ0n) is 19.0. The van der Waals surface area contributed by atoms with Crippen LogP contribution in [0.5, 0.6) is 0 Å². The van der Waals surface area contributed by atoms with Gasteiger partial charge in [-0.15, -0.1) is 0 Å². The van der Waals surface area contributed by atoms with Crippen molar-refractivity contribution >= 4 is 10.1 Å². The highest BCUT2D eigenvalue weighted by Crippen LogP contribution is 2.36. The second-order valence-electron chi connectivity index (χ2n) is 9.75. The molecule has 0 saturated heterocycles. The summed E-state index contributed by atoms with van der Waals surface area (Å²) in [6, 6.07) is 7.14. The molecule has 0 radical (unpaired) electrons. The summed E-state index contributed by atoms with van der Waals surface area (Å²) in [6.07, 6.45) is 19.5. The van der Waals surface area contributed by atoms with Crippen molar-refractivity contribution in [2.45, 2.75) is 121 Å². The molecule has 0 N–H and O–H groups in total. The maximum absolute atomic E-state index is 13.3. The molecule has 0 heterocycles. The van der Waals surface area contributed by atoms with Gasteiger partial charge in [-0.3, -0.25) is 4.18 Å². The van der Waals surface area contributed by atoms with E-state index in [0.29, 0.717) is 16.7 Å². The number of benzene rings is 1. The minimum atomic E-state index is -3.74. The van der Waals surface area contributed by atoms with Gasteiger partial charge in [0, 0.05) is 0 Å². The summed E-state index contributed by atoms with van der Waals surface area (Å²) in [5.74, 6) is 0.739. The summed E-state index contributed by atoms with van der Waals surface area (Å²) in [7, 11) is -3.74. The monoisotopic (exact) mass is 434 g/mol. The third-order valence-electron chi connectivity index (χ3n) is 7.28. The first-order valence-electron chi connectivity index (χ1n) is 12.6. The quantitative estimate of drug-likeness (QED) is 0.449. The van der Waals surface area contributed by atoms with E-state index in [-0.39, 0.29) is 6.10 Å². The molecule has 0 unspecified atom stereocenters. The minimum absolute atomic E-state index is 0.160. The number of aryl methyl sites for hydroxylation is 1. The van der Waals surface area contributed by atoms with Crippen molar-refractivity contribution in [2.24, 2.45) is 11.8 Å². The van der Waals surface area contributed by atoms with E-state index in [4.69, 9.17) is 4.18 Å². The predicted molar refractivity (Wildman–Crippen MR) is 124 cm³/mol. The zero-order chi connectivity index (χ0) is 21.2. The Morgan fingerprint density at radius 3 is 1.43 bits per heavy atom. The van der Waals surface area contributed by atoms with Crippen LogP contribution in [-0.2, 0) is 14.3 Å². The Hall–Kier alpha value is -0.870. The molecule has 3 nitrogen and oxygen atoms in total. The van der Waals surface area contributed by atoms with E-state index in [0.717, 1.165) is 31.2 Å². The molecule has 2 aliphatic carbocycles. The summed E-state index contributed by atoms with van der Waals surface area (Å²) in [4.78, 5) is 0.309. The fourth-order valence-corrected chi connectivity index (χ4v) is 6.62. The molecule has 1 aromatic rings. The number of rotatable bonds is 5. The fraction of sp³-hybridized carbons (Fsp3) is 0.769. The lowest BCUT2D eigenvalue weighted by atomic mass is 9.80. The maximum atomic E-state index is 13.3. The third-order valence-corrected chi connectivity index (χ3v) is 8.60. The van der Waals surface area contributed by atoms with Crippen molar-refractivity contribution in [3.05, 3.63) is 29.8 Å². The molecule has 2 aliphatic rings. The predicted octanol–water partition coefficient (Wildman–Crippen LogP) is 7.57. The largest absolute Gasteiger partial charge is 0.297 e. The van der Waals surface area contributed by atoms with Crippen LogP contribution in [0.4, 0.5) is 0 Å². The van der Waals surface area contributed by atoms with Crippen LogP contribution >= 0.6 is 0 Å². The van der Waals surface area contributed by atoms with Crippen LogP contribution in [0.15, 0.2) is 29.2 Å². The van der Waals surface area contributed by atoms with Crippen LogP contribution in [-0.4, -0.2) is 14.5 Å². The Kier molecular flexibility index (Phi) is 9.70. The minimum Gasteiger partial charge on any atom is -0.262 e. The summed E-state index contributed by atoms with van der Waals surface area (Å²) in [6.45, 7) is 1.98. The molecule has 170 valence electrons. The van der Waals surface area contributed by atoms with Gasteiger partial charge in [-0.25, -0.2) is 0 Å². The second kappa shape index (κ2) is 12.2. The van der Waals surface area contributed by atoms with Gasteiger partial charge in [0.05, 0.1) is 11.0 Å². The summed E-state index contributed by atoms with van der Waals surface area (Å²) < 4.78 is 32.7. The molecule has 0 amide bonds. The Morgan fingerprint density at radius 2 is 1.03 bits per heavy atom. The van der Waals surface area contributed by atoms with E-state index < -0.39 is 10.1 Å². The van der Waals surface area contributed by atoms with Crippen molar-refractivity contribution in [1.29, 1.82) is 0 Å². The standard InChI is InChI=1S/C26H42O3S/c1-22-18-20-25(21-19-22)30(27,28)29-26(23-14-10-6-2-3-7-11-15-23)24-16-12-8-4-5-9-13-17-24/h18-21,23-24,26H,2-17H2,1H3. The van der Waals surface area contributed by atoms with Gasteiger partial charge in [0.1, 0.15) is 0 Å². The first-order valence-corrected chi connectivity index (χ1v) is 14.0. The molecule has 2 fully saturated rings. The summed E-state index contributed by atoms with van der Waals surface area (Å²) >= 11 is 0. The lowest BCUT2D eigenvalue weighted by Gasteiger charge is -2.33. The average Bonchev–Trinajstić information content (AvgIpc) is 2.96. The van der Waals surface area contributed by atoms with Crippen LogP contribution in [0.3, 0.4) is 0 Å². The van der Waals surface area contributed by atoms with Gasteiger partial charge in [-0.05, 0) is 56.6 Å². The smallest absolute Gasteiger partial charge is 0.262 e. The first kappa shape index (κ1) is 23.8. The molecule has 2 saturated carbocycles. The maximum Gasteiger partial charge on any atom is 0.297 e. The van der Waals surface area contributed by atoms with Crippen molar-refractivity contribution < 1.29 is 12.6 Å². The Bertz CT molecular complexity index is 666. The topological polar surface area (TPSA) is 43.4 Å². The molecule has 3 rings (SSSR count). The van der Waals surface area contributed by atoms with E-state index in [1.807, 2.05) is 19.1 Å². The van der Waals surface area contributed by atoms with Crippen LogP contribution < -0.4 is 0 Å². The van der Waals surface area contributed by atoms with Gasteiger partial charge in [-0.2, -0.15) is 8.42 Å². The highest BCUT2D eigenvalue weighted by molar-refractivity contribution is 7.86. The van der Waals surface area contributed by atoms with Crippen molar-refractivity contribution in [3.8, 4) is 0 Å². The van der Waals surface area contributed by atoms with E-state index in [2.05, 4.69) is 0 Å². The van der Waals surface area contributed by atoms with Crippen LogP contribution in [0.25, 0.3) is 0 Å². The lowest BCUT2D eigenvalue weighted by Crippen LogP contribution is -2.35. The SMILES string of the molecule is Cc1ccc(S(=O)(=O)OC(C2CCCCCCCC2)C2CCCCCCCC2)cc1. The van der Waals surface area contributed by atoms with Gasteiger partial charge in [0.2, 0.25) is 0 Å². The van der Waals surface area contributed by atoms with Crippen LogP contribution in [0, 0.1) is 18.8 Å². The highest BCUT2D eigenvalue weighted by atomic mass is 32.2. The molecular weight excluding hydrogens is 392 g/mol. The van der Waals surface area contributed by atoms with Gasteiger partial charge in [-0.1, -0.05) is 94.7 Å². The lowest BCUT2D eigenvalue weighted by molar-refractivity contribution is 0.0592.